The van der Waals surface area contributed by atoms with E-state index in [0.717, 1.165) is 62.2 Å². The van der Waals surface area contributed by atoms with E-state index in [4.69, 9.17) is 28.7 Å². The van der Waals surface area contributed by atoms with Crippen molar-refractivity contribution in [2.24, 2.45) is 5.92 Å². The maximum absolute atomic E-state index is 11.9. The summed E-state index contributed by atoms with van der Waals surface area (Å²) >= 11 is 0. The Morgan fingerprint density at radius 2 is 1.93 bits per heavy atom. The number of carbonyl (C=O) groups excluding carboxylic acids is 1. The predicted octanol–water partition coefficient (Wildman–Crippen LogP) is 3.71. The number of fused-ring (bicyclic) bond motifs is 1. The second kappa shape index (κ2) is 13.1. The van der Waals surface area contributed by atoms with Crippen LogP contribution in [-0.2, 0) is 9.53 Å². The van der Waals surface area contributed by atoms with Gasteiger partial charge in [-0.1, -0.05) is 13.3 Å². The van der Waals surface area contributed by atoms with E-state index < -0.39 is 0 Å². The van der Waals surface area contributed by atoms with Crippen LogP contribution in [0.2, 0.25) is 0 Å². The summed E-state index contributed by atoms with van der Waals surface area (Å²) in [6, 6.07) is 9.57. The molecule has 2 atom stereocenters. The first-order valence-electron chi connectivity index (χ1n) is 14.0. The van der Waals surface area contributed by atoms with Crippen LogP contribution in [0.4, 0.5) is 0 Å². The van der Waals surface area contributed by atoms with Gasteiger partial charge >= 0.3 is 0 Å². The topological polar surface area (TPSA) is 104 Å². The first-order valence-corrected chi connectivity index (χ1v) is 14.0. The summed E-state index contributed by atoms with van der Waals surface area (Å²) in [4.78, 5) is 23.8. The minimum Gasteiger partial charge on any atom is -0.493 e. The van der Waals surface area contributed by atoms with E-state index in [2.05, 4.69) is 22.1 Å². The maximum Gasteiger partial charge on any atom is 0.223 e. The third-order valence-corrected chi connectivity index (χ3v) is 7.45. The molecule has 2 fully saturated rings. The van der Waals surface area contributed by atoms with Crippen LogP contribution < -0.4 is 24.3 Å². The van der Waals surface area contributed by atoms with Crippen LogP contribution in [-0.4, -0.2) is 87.1 Å². The summed E-state index contributed by atoms with van der Waals surface area (Å²) < 4.78 is 29.6. The number of nitrogens with zero attached hydrogens (tertiary/aromatic N) is 3. The van der Waals surface area contributed by atoms with Gasteiger partial charge in [0.2, 0.25) is 17.5 Å². The fourth-order valence-corrected chi connectivity index (χ4v) is 5.26. The average Bonchev–Trinajstić information content (AvgIpc) is 3.43. The molecule has 3 aromatic rings. The van der Waals surface area contributed by atoms with Crippen LogP contribution in [0.25, 0.3) is 22.2 Å². The zero-order valence-corrected chi connectivity index (χ0v) is 23.5. The highest BCUT2D eigenvalue weighted by atomic mass is 16.5. The Morgan fingerprint density at radius 1 is 1.15 bits per heavy atom. The number of amides is 1. The van der Waals surface area contributed by atoms with Gasteiger partial charge in [0, 0.05) is 50.3 Å². The number of morpholine rings is 1. The lowest BCUT2D eigenvalue weighted by Gasteiger charge is -2.26. The Kier molecular flexibility index (Phi) is 9.18. The predicted molar refractivity (Wildman–Crippen MR) is 151 cm³/mol. The number of nitrogens with one attached hydrogen (secondary N) is 1. The minimum atomic E-state index is -0.138. The first-order chi connectivity index (χ1) is 19.6. The SMILES string of the molecule is CCCC(Oc1nc(-c2cc(OC)c(OCCN3CCOCC3)c(OC)c2)cc2ncccc12)C1CNC(=O)C1. The lowest BCUT2D eigenvalue weighted by molar-refractivity contribution is -0.119. The smallest absolute Gasteiger partial charge is 0.223 e. The molecule has 214 valence electrons. The van der Waals surface area contributed by atoms with Crippen molar-refractivity contribution in [2.45, 2.75) is 32.3 Å². The lowest BCUT2D eigenvalue weighted by Crippen LogP contribution is -2.38. The van der Waals surface area contributed by atoms with Gasteiger partial charge in [-0.15, -0.1) is 0 Å². The van der Waals surface area contributed by atoms with E-state index in [9.17, 15) is 4.79 Å². The molecule has 0 spiro atoms. The molecule has 1 amide bonds. The summed E-state index contributed by atoms with van der Waals surface area (Å²) in [6.45, 7) is 7.31. The van der Waals surface area contributed by atoms with Crippen molar-refractivity contribution in [1.82, 2.24) is 20.2 Å². The Morgan fingerprint density at radius 3 is 2.60 bits per heavy atom. The van der Waals surface area contributed by atoms with Crippen LogP contribution in [0.15, 0.2) is 36.5 Å². The fourth-order valence-electron chi connectivity index (χ4n) is 5.26. The fraction of sp³-hybridized carbons (Fsp3) is 0.500. The molecule has 0 radical (unpaired) electrons. The van der Waals surface area contributed by atoms with E-state index >= 15 is 0 Å². The molecular weight excluding hydrogens is 512 g/mol. The number of rotatable bonds is 12. The van der Waals surface area contributed by atoms with Crippen LogP contribution in [0, 0.1) is 5.92 Å². The Bertz CT molecular complexity index is 1290. The molecule has 0 saturated carbocycles. The second-order valence-electron chi connectivity index (χ2n) is 10.1. The standard InChI is InChI=1S/C30H38N4O6/c1-4-6-25(21-17-28(35)32-19-21)40-30-22-7-5-8-31-24(22)18-23(33-30)20-15-26(36-2)29(27(16-20)37-3)39-14-11-34-9-12-38-13-10-34/h5,7-8,15-16,18,21,25H,4,6,9-14,17,19H2,1-3H3,(H,32,35). The number of hydrogen-bond donors (Lipinski definition) is 1. The summed E-state index contributed by atoms with van der Waals surface area (Å²) in [5.41, 5.74) is 2.23. The molecule has 4 heterocycles. The van der Waals surface area contributed by atoms with Crippen molar-refractivity contribution in [1.29, 1.82) is 0 Å². The number of methoxy groups -OCH3 is 2. The number of pyridine rings is 2. The van der Waals surface area contributed by atoms with E-state index in [1.807, 2.05) is 30.3 Å². The van der Waals surface area contributed by atoms with Gasteiger partial charge in [0.15, 0.2) is 11.5 Å². The molecule has 5 rings (SSSR count). The van der Waals surface area contributed by atoms with Gasteiger partial charge in [-0.05, 0) is 36.8 Å². The Labute approximate surface area is 234 Å². The summed E-state index contributed by atoms with van der Waals surface area (Å²) in [6.07, 6.45) is 3.84. The number of aromatic nitrogens is 2. The molecule has 2 aliphatic heterocycles. The van der Waals surface area contributed by atoms with Crippen LogP contribution in [0.1, 0.15) is 26.2 Å². The molecule has 10 heteroatoms. The van der Waals surface area contributed by atoms with Gasteiger partial charge in [0.05, 0.1) is 44.0 Å². The lowest BCUT2D eigenvalue weighted by atomic mass is 9.97. The van der Waals surface area contributed by atoms with Gasteiger partial charge in [-0.3, -0.25) is 14.7 Å². The number of ether oxygens (including phenoxy) is 5. The molecule has 2 unspecified atom stereocenters. The first kappa shape index (κ1) is 27.9. The monoisotopic (exact) mass is 550 g/mol. The van der Waals surface area contributed by atoms with E-state index in [1.165, 1.54) is 0 Å². The second-order valence-corrected chi connectivity index (χ2v) is 10.1. The summed E-state index contributed by atoms with van der Waals surface area (Å²) in [5.74, 6) is 2.33. The van der Waals surface area contributed by atoms with Gasteiger partial charge in [-0.25, -0.2) is 4.98 Å². The molecule has 2 aromatic heterocycles. The van der Waals surface area contributed by atoms with E-state index in [1.54, 1.807) is 20.4 Å². The molecule has 2 saturated heterocycles. The van der Waals surface area contributed by atoms with Crippen molar-refractivity contribution in [3.63, 3.8) is 0 Å². The van der Waals surface area contributed by atoms with Crippen molar-refractivity contribution >= 4 is 16.8 Å². The van der Waals surface area contributed by atoms with Gasteiger partial charge in [-0.2, -0.15) is 0 Å². The highest BCUT2D eigenvalue weighted by Gasteiger charge is 2.31. The normalized spacial score (nSPS) is 18.4. The molecule has 0 aliphatic carbocycles. The Balaban J connectivity index is 1.45. The van der Waals surface area contributed by atoms with Crippen LogP contribution in [0.5, 0.6) is 23.1 Å². The zero-order valence-electron chi connectivity index (χ0n) is 23.5. The third-order valence-electron chi connectivity index (χ3n) is 7.45. The van der Waals surface area contributed by atoms with Crippen molar-refractivity contribution in [3.05, 3.63) is 36.5 Å². The zero-order chi connectivity index (χ0) is 27.9. The molecule has 10 nitrogen and oxygen atoms in total. The molecule has 0 bridgehead atoms. The third kappa shape index (κ3) is 6.39. The largest absolute Gasteiger partial charge is 0.493 e. The molecular formula is C30H38N4O6. The minimum absolute atomic E-state index is 0.0642. The molecule has 1 N–H and O–H groups in total. The van der Waals surface area contributed by atoms with Gasteiger partial charge in [0.1, 0.15) is 12.7 Å². The highest BCUT2D eigenvalue weighted by Crippen LogP contribution is 2.42. The average molecular weight is 551 g/mol. The maximum atomic E-state index is 11.9. The quantitative estimate of drug-likeness (QED) is 0.361. The number of carbonyl (C=O) groups is 1. The molecule has 1 aromatic carbocycles. The van der Waals surface area contributed by atoms with Crippen molar-refractivity contribution in [2.75, 3.05) is 60.2 Å². The highest BCUT2D eigenvalue weighted by molar-refractivity contribution is 5.87. The van der Waals surface area contributed by atoms with Gasteiger partial charge < -0.3 is 29.0 Å². The van der Waals surface area contributed by atoms with E-state index in [0.29, 0.717) is 48.4 Å². The van der Waals surface area contributed by atoms with Crippen molar-refractivity contribution < 1.29 is 28.5 Å². The van der Waals surface area contributed by atoms with Crippen LogP contribution in [0.3, 0.4) is 0 Å². The van der Waals surface area contributed by atoms with E-state index in [-0.39, 0.29) is 17.9 Å². The van der Waals surface area contributed by atoms with Crippen LogP contribution >= 0.6 is 0 Å². The van der Waals surface area contributed by atoms with Crippen molar-refractivity contribution in [3.8, 4) is 34.4 Å². The molecule has 2 aliphatic rings. The Hall–Kier alpha value is -3.63. The number of hydrogen-bond acceptors (Lipinski definition) is 9. The summed E-state index contributed by atoms with van der Waals surface area (Å²) in [5, 5.41) is 3.76. The number of benzene rings is 1. The molecule has 40 heavy (non-hydrogen) atoms. The van der Waals surface area contributed by atoms with Gasteiger partial charge in [0.25, 0.3) is 0 Å². The summed E-state index contributed by atoms with van der Waals surface area (Å²) in [7, 11) is 3.23.